The van der Waals surface area contributed by atoms with Gasteiger partial charge in [0.1, 0.15) is 11.6 Å². The van der Waals surface area contributed by atoms with Gasteiger partial charge in [0, 0.05) is 17.1 Å². The van der Waals surface area contributed by atoms with Gasteiger partial charge in [0.05, 0.1) is 12.6 Å². The van der Waals surface area contributed by atoms with Gasteiger partial charge >= 0.3 is 6.09 Å². The molecule has 7 nitrogen and oxygen atoms in total. The molecule has 0 bridgehead atoms. The van der Waals surface area contributed by atoms with Crippen molar-refractivity contribution in [1.29, 1.82) is 0 Å². The van der Waals surface area contributed by atoms with Crippen molar-refractivity contribution in [2.75, 3.05) is 6.61 Å². The topological polar surface area (TPSA) is 103 Å². The van der Waals surface area contributed by atoms with E-state index in [2.05, 4.69) is 15.6 Å². The first-order chi connectivity index (χ1) is 13.6. The van der Waals surface area contributed by atoms with Crippen molar-refractivity contribution in [3.8, 4) is 0 Å². The van der Waals surface area contributed by atoms with Gasteiger partial charge in [0.25, 0.3) is 0 Å². The molecule has 0 aliphatic rings. The molecule has 0 saturated carbocycles. The third-order valence-corrected chi connectivity index (χ3v) is 4.88. The zero-order valence-corrected chi connectivity index (χ0v) is 17.9. The zero-order valence-electron chi connectivity index (χ0n) is 17.9. The van der Waals surface area contributed by atoms with Gasteiger partial charge in [-0.1, -0.05) is 38.5 Å². The van der Waals surface area contributed by atoms with E-state index in [1.807, 2.05) is 44.3 Å². The minimum absolute atomic E-state index is 0.0880. The number of aromatic amines is 1. The minimum Gasteiger partial charge on any atom is -0.444 e. The molecule has 3 atom stereocenters. The molecule has 0 saturated heterocycles. The molecule has 0 aliphatic carbocycles. The summed E-state index contributed by atoms with van der Waals surface area (Å²) in [5.41, 5.74) is 1.37. The summed E-state index contributed by atoms with van der Waals surface area (Å²) in [6.07, 6.45) is 2.45. The number of benzene rings is 1. The first-order valence-corrected chi connectivity index (χ1v) is 10.1. The van der Waals surface area contributed by atoms with Gasteiger partial charge in [-0.25, -0.2) is 4.79 Å². The maximum absolute atomic E-state index is 12.9. The van der Waals surface area contributed by atoms with Crippen LogP contribution in [0.15, 0.2) is 30.5 Å². The van der Waals surface area contributed by atoms with Gasteiger partial charge in [0.15, 0.2) is 0 Å². The number of aliphatic hydroxyl groups is 1. The number of para-hydroxylation sites is 1. The molecule has 29 heavy (non-hydrogen) atoms. The molecule has 0 radical (unpaired) electrons. The highest BCUT2D eigenvalue weighted by Gasteiger charge is 2.29. The number of aromatic nitrogens is 1. The lowest BCUT2D eigenvalue weighted by atomic mass is 9.97. The number of hydrogen-bond donors (Lipinski definition) is 4. The summed E-state index contributed by atoms with van der Waals surface area (Å²) < 4.78 is 5.29. The highest BCUT2D eigenvalue weighted by Crippen LogP contribution is 2.19. The van der Waals surface area contributed by atoms with E-state index in [4.69, 9.17) is 4.74 Å². The van der Waals surface area contributed by atoms with E-state index in [1.54, 1.807) is 20.8 Å². The fourth-order valence-electron chi connectivity index (χ4n) is 3.15. The van der Waals surface area contributed by atoms with E-state index >= 15 is 0 Å². The molecule has 1 aromatic carbocycles. The van der Waals surface area contributed by atoms with Crippen molar-refractivity contribution in [1.82, 2.24) is 15.6 Å². The van der Waals surface area contributed by atoms with Crippen LogP contribution in [0.2, 0.25) is 0 Å². The summed E-state index contributed by atoms with van der Waals surface area (Å²) in [5.74, 6) is -0.418. The second-order valence-electron chi connectivity index (χ2n) is 8.46. The first-order valence-electron chi connectivity index (χ1n) is 10.1. The van der Waals surface area contributed by atoms with E-state index in [0.29, 0.717) is 12.8 Å². The Kier molecular flexibility index (Phi) is 7.67. The molecular formula is C22H33N3O4. The van der Waals surface area contributed by atoms with Crippen molar-refractivity contribution in [3.63, 3.8) is 0 Å². The Hall–Kier alpha value is -2.54. The number of nitrogens with one attached hydrogen (secondary N) is 3. The molecule has 160 valence electrons. The van der Waals surface area contributed by atoms with Crippen molar-refractivity contribution in [2.24, 2.45) is 5.92 Å². The lowest BCUT2D eigenvalue weighted by Gasteiger charge is -2.27. The highest BCUT2D eigenvalue weighted by atomic mass is 16.6. The Labute approximate surface area is 172 Å². The van der Waals surface area contributed by atoms with Crippen LogP contribution in [0.5, 0.6) is 0 Å². The first kappa shape index (κ1) is 22.7. The number of H-pyrrole nitrogens is 1. The molecular weight excluding hydrogens is 370 g/mol. The summed E-state index contributed by atoms with van der Waals surface area (Å²) in [4.78, 5) is 28.3. The maximum atomic E-state index is 12.9. The Morgan fingerprint density at radius 3 is 2.52 bits per heavy atom. The monoisotopic (exact) mass is 403 g/mol. The fourth-order valence-corrected chi connectivity index (χ4v) is 3.15. The Morgan fingerprint density at radius 2 is 1.90 bits per heavy atom. The van der Waals surface area contributed by atoms with Crippen LogP contribution in [0.1, 0.15) is 46.6 Å². The van der Waals surface area contributed by atoms with Crippen LogP contribution >= 0.6 is 0 Å². The quantitative estimate of drug-likeness (QED) is 0.544. The van der Waals surface area contributed by atoms with Gasteiger partial charge in [-0.2, -0.15) is 0 Å². The lowest BCUT2D eigenvalue weighted by Crippen LogP contribution is -2.54. The zero-order chi connectivity index (χ0) is 21.6. The van der Waals surface area contributed by atoms with Crippen LogP contribution in [0.4, 0.5) is 4.79 Å². The van der Waals surface area contributed by atoms with Crippen molar-refractivity contribution in [2.45, 2.75) is 65.1 Å². The second-order valence-corrected chi connectivity index (χ2v) is 8.46. The molecule has 7 heteroatoms. The van der Waals surface area contributed by atoms with Gasteiger partial charge < -0.3 is 25.5 Å². The molecule has 0 fully saturated rings. The average molecular weight is 404 g/mol. The molecule has 2 rings (SSSR count). The molecule has 1 unspecified atom stereocenters. The number of hydrogen-bond acceptors (Lipinski definition) is 4. The van der Waals surface area contributed by atoms with Crippen molar-refractivity contribution < 1.29 is 19.4 Å². The number of alkyl carbamates (subject to hydrolysis) is 1. The summed E-state index contributed by atoms with van der Waals surface area (Å²) in [5, 5.41) is 16.4. The number of aliphatic hydroxyl groups excluding tert-OH is 1. The number of fused-ring (bicyclic) bond motifs is 1. The van der Waals surface area contributed by atoms with E-state index in [1.165, 1.54) is 0 Å². The molecule has 0 spiro atoms. The Bertz CT molecular complexity index is 825. The van der Waals surface area contributed by atoms with E-state index in [9.17, 15) is 14.7 Å². The number of amides is 2. The minimum atomic E-state index is -0.744. The standard InChI is InChI=1S/C22H33N3O4/c1-6-14(2)19(25-21(28)29-22(3,4)5)20(27)24-16(13-26)11-15-12-23-18-10-8-7-9-17(15)18/h7-10,12,14,16,19,23,26H,6,11,13H2,1-5H3,(H,24,27)(H,25,28)/t14?,16-,19-/m0/s1. The number of rotatable bonds is 8. The van der Waals surface area contributed by atoms with Gasteiger partial charge in [0.2, 0.25) is 5.91 Å². The summed E-state index contributed by atoms with van der Waals surface area (Å²) in [6.45, 7) is 8.97. The van der Waals surface area contributed by atoms with E-state index in [-0.39, 0.29) is 18.4 Å². The fraction of sp³-hybridized carbons (Fsp3) is 0.545. The van der Waals surface area contributed by atoms with Crippen LogP contribution in [0, 0.1) is 5.92 Å². The Balaban J connectivity index is 2.08. The number of carbonyl (C=O) groups excluding carboxylic acids is 2. The smallest absolute Gasteiger partial charge is 0.408 e. The van der Waals surface area contributed by atoms with Crippen LogP contribution in [0.3, 0.4) is 0 Å². The summed E-state index contributed by atoms with van der Waals surface area (Å²) in [7, 11) is 0. The highest BCUT2D eigenvalue weighted by molar-refractivity contribution is 5.86. The molecule has 4 N–H and O–H groups in total. The third kappa shape index (κ3) is 6.49. The molecule has 2 amide bonds. The predicted molar refractivity (Wildman–Crippen MR) is 114 cm³/mol. The molecule has 1 aromatic heterocycles. The van der Waals surface area contributed by atoms with E-state index in [0.717, 1.165) is 16.5 Å². The molecule has 0 aliphatic heterocycles. The number of carbonyl (C=O) groups is 2. The lowest BCUT2D eigenvalue weighted by molar-refractivity contribution is -0.125. The summed E-state index contributed by atoms with van der Waals surface area (Å²) in [6, 6.07) is 6.68. The SMILES string of the molecule is CCC(C)[C@H](NC(=O)OC(C)(C)C)C(=O)N[C@H](CO)Cc1c[nH]c2ccccc12. The van der Waals surface area contributed by atoms with Crippen LogP contribution in [-0.4, -0.2) is 46.4 Å². The molecule has 2 aromatic rings. The Morgan fingerprint density at radius 1 is 1.21 bits per heavy atom. The van der Waals surface area contributed by atoms with Gasteiger partial charge in [-0.3, -0.25) is 4.79 Å². The van der Waals surface area contributed by atoms with Crippen LogP contribution in [0.25, 0.3) is 10.9 Å². The number of ether oxygens (including phenoxy) is 1. The van der Waals surface area contributed by atoms with Gasteiger partial charge in [-0.15, -0.1) is 0 Å². The molecule has 1 heterocycles. The maximum Gasteiger partial charge on any atom is 0.408 e. The van der Waals surface area contributed by atoms with Crippen LogP contribution < -0.4 is 10.6 Å². The average Bonchev–Trinajstić information content (AvgIpc) is 3.06. The normalized spacial score (nSPS) is 14.8. The third-order valence-electron chi connectivity index (χ3n) is 4.88. The largest absolute Gasteiger partial charge is 0.444 e. The second kappa shape index (κ2) is 9.78. The van der Waals surface area contributed by atoms with Gasteiger partial charge in [-0.05, 0) is 44.7 Å². The van der Waals surface area contributed by atoms with Crippen molar-refractivity contribution >= 4 is 22.9 Å². The van der Waals surface area contributed by atoms with Crippen LogP contribution in [-0.2, 0) is 16.0 Å². The van der Waals surface area contributed by atoms with Crippen molar-refractivity contribution in [3.05, 3.63) is 36.0 Å². The predicted octanol–water partition coefficient (Wildman–Crippen LogP) is 3.13. The van der Waals surface area contributed by atoms with E-state index < -0.39 is 23.8 Å². The summed E-state index contributed by atoms with van der Waals surface area (Å²) >= 11 is 0.